The maximum atomic E-state index is 13.5. The highest BCUT2D eigenvalue weighted by Crippen LogP contribution is 2.41. The van der Waals surface area contributed by atoms with Crippen LogP contribution in [0.1, 0.15) is 76.2 Å². The van der Waals surface area contributed by atoms with Crippen LogP contribution in [0.5, 0.6) is 5.75 Å². The molecule has 1 fully saturated rings. The van der Waals surface area contributed by atoms with Crippen LogP contribution in [0, 0.1) is 11.7 Å². The predicted molar refractivity (Wildman–Crippen MR) is 184 cm³/mol. The topological polar surface area (TPSA) is 67.9 Å². The smallest absolute Gasteiger partial charge is 0.222 e. The van der Waals surface area contributed by atoms with Crippen LogP contribution in [0.2, 0.25) is 18.1 Å². The van der Waals surface area contributed by atoms with Crippen molar-refractivity contribution >= 4 is 20.1 Å². The number of piperidine rings is 1. The summed E-state index contributed by atoms with van der Waals surface area (Å²) in [6.07, 6.45) is 2.60. The standard InChI is InChI=1S/C38H51FN2O4Si/c1-28(40-35(42)26-30-21-23-41(24-22-30)36(43)20-15-29-13-10-14-33(39)25-29)37(45-46(5,6)38(2,3)4)32-16-18-34(19-17-32)44-27-31-11-8-7-9-12-31/h7-14,16-19,25,28,30,37H,15,20-24,26-27H2,1-6H3,(H,40,42)/t28-,37-/m0/s1. The van der Waals surface area contributed by atoms with Crippen LogP contribution < -0.4 is 10.1 Å². The van der Waals surface area contributed by atoms with Gasteiger partial charge in [0.15, 0.2) is 8.32 Å². The van der Waals surface area contributed by atoms with Crippen molar-refractivity contribution in [1.82, 2.24) is 10.2 Å². The third-order valence-corrected chi connectivity index (χ3v) is 13.9. The van der Waals surface area contributed by atoms with Gasteiger partial charge in [-0.05, 0) is 91.2 Å². The normalized spacial score (nSPS) is 15.7. The molecule has 8 heteroatoms. The molecule has 46 heavy (non-hydrogen) atoms. The molecule has 1 saturated heterocycles. The van der Waals surface area contributed by atoms with Gasteiger partial charge < -0.3 is 19.4 Å². The first-order chi connectivity index (χ1) is 21.8. The van der Waals surface area contributed by atoms with Crippen LogP contribution in [0.25, 0.3) is 0 Å². The van der Waals surface area contributed by atoms with E-state index in [1.807, 2.05) is 72.5 Å². The molecule has 0 bridgehead atoms. The number of nitrogens with one attached hydrogen (secondary N) is 1. The summed E-state index contributed by atoms with van der Waals surface area (Å²) >= 11 is 0. The van der Waals surface area contributed by atoms with Gasteiger partial charge in [0, 0.05) is 25.9 Å². The molecule has 1 N–H and O–H groups in total. The largest absolute Gasteiger partial charge is 0.489 e. The predicted octanol–water partition coefficient (Wildman–Crippen LogP) is 8.23. The van der Waals surface area contributed by atoms with E-state index in [0.29, 0.717) is 39.0 Å². The monoisotopic (exact) mass is 646 g/mol. The molecule has 0 unspecified atom stereocenters. The molecule has 0 aromatic heterocycles. The summed E-state index contributed by atoms with van der Waals surface area (Å²) in [6, 6.07) is 24.3. The van der Waals surface area contributed by atoms with Gasteiger partial charge in [-0.3, -0.25) is 9.59 Å². The van der Waals surface area contributed by atoms with Gasteiger partial charge in [-0.1, -0.05) is 75.4 Å². The number of benzene rings is 3. The molecule has 1 aliphatic heterocycles. The summed E-state index contributed by atoms with van der Waals surface area (Å²) in [5.41, 5.74) is 2.95. The Kier molecular flexibility index (Phi) is 12.2. The van der Waals surface area contributed by atoms with E-state index < -0.39 is 8.32 Å². The minimum absolute atomic E-state index is 0.00928. The number of hydrogen-bond donors (Lipinski definition) is 1. The molecule has 2 amide bonds. The first-order valence-corrected chi connectivity index (χ1v) is 19.5. The fourth-order valence-electron chi connectivity index (χ4n) is 5.59. The van der Waals surface area contributed by atoms with Gasteiger partial charge in [-0.2, -0.15) is 0 Å². The van der Waals surface area contributed by atoms with Crippen molar-refractivity contribution in [3.05, 3.63) is 101 Å². The van der Waals surface area contributed by atoms with Crippen molar-refractivity contribution in [3.8, 4) is 5.75 Å². The van der Waals surface area contributed by atoms with Crippen molar-refractivity contribution in [2.24, 2.45) is 5.92 Å². The zero-order valence-electron chi connectivity index (χ0n) is 28.4. The van der Waals surface area contributed by atoms with Crippen molar-refractivity contribution in [2.45, 2.75) is 96.7 Å². The number of nitrogens with zero attached hydrogens (tertiary/aromatic N) is 1. The van der Waals surface area contributed by atoms with Gasteiger partial charge in [0.05, 0.1) is 12.1 Å². The summed E-state index contributed by atoms with van der Waals surface area (Å²) < 4.78 is 26.4. The molecule has 1 heterocycles. The average Bonchev–Trinajstić information content (AvgIpc) is 3.02. The van der Waals surface area contributed by atoms with Crippen LogP contribution in [-0.4, -0.2) is 44.2 Å². The Labute approximate surface area is 275 Å². The Bertz CT molecular complexity index is 1420. The quantitative estimate of drug-likeness (QED) is 0.190. The maximum Gasteiger partial charge on any atom is 0.222 e. The summed E-state index contributed by atoms with van der Waals surface area (Å²) in [6.45, 7) is 14.9. The first kappa shape index (κ1) is 35.4. The van der Waals surface area contributed by atoms with Gasteiger partial charge in [-0.25, -0.2) is 4.39 Å². The highest BCUT2D eigenvalue weighted by atomic mass is 28.4. The molecule has 0 aliphatic carbocycles. The van der Waals surface area contributed by atoms with Crippen molar-refractivity contribution < 1.29 is 23.1 Å². The number of amides is 2. The Morgan fingerprint density at radius 2 is 1.61 bits per heavy atom. The molecule has 1 aliphatic rings. The highest BCUT2D eigenvalue weighted by Gasteiger charge is 2.41. The Morgan fingerprint density at radius 1 is 0.957 bits per heavy atom. The number of carbonyl (C=O) groups is 2. The number of aryl methyl sites for hydroxylation is 1. The Morgan fingerprint density at radius 3 is 2.24 bits per heavy atom. The highest BCUT2D eigenvalue weighted by molar-refractivity contribution is 6.74. The first-order valence-electron chi connectivity index (χ1n) is 16.6. The zero-order chi connectivity index (χ0) is 33.3. The van der Waals surface area contributed by atoms with E-state index in [1.165, 1.54) is 12.1 Å². The Balaban J connectivity index is 1.31. The Hall–Kier alpha value is -3.49. The number of rotatable bonds is 13. The molecule has 0 radical (unpaired) electrons. The molecular weight excluding hydrogens is 596 g/mol. The minimum Gasteiger partial charge on any atom is -0.489 e. The SMILES string of the molecule is C[C@H](NC(=O)CC1CCN(C(=O)CCc2cccc(F)c2)CC1)[C@H](O[Si](C)(C)C(C)(C)C)c1ccc(OCc2ccccc2)cc1. The molecule has 4 rings (SSSR count). The van der Waals surface area contributed by atoms with Gasteiger partial charge in [0.1, 0.15) is 18.2 Å². The zero-order valence-corrected chi connectivity index (χ0v) is 29.4. The van der Waals surface area contributed by atoms with Crippen molar-refractivity contribution in [2.75, 3.05) is 13.1 Å². The van der Waals surface area contributed by atoms with Crippen LogP contribution in [-0.2, 0) is 27.0 Å². The third kappa shape index (κ3) is 10.3. The molecule has 6 nitrogen and oxygen atoms in total. The molecule has 2 atom stereocenters. The van der Waals surface area contributed by atoms with Crippen LogP contribution >= 0.6 is 0 Å². The van der Waals surface area contributed by atoms with Gasteiger partial charge >= 0.3 is 0 Å². The maximum absolute atomic E-state index is 13.5. The van der Waals surface area contributed by atoms with E-state index in [1.54, 1.807) is 6.07 Å². The van der Waals surface area contributed by atoms with E-state index in [-0.39, 0.29) is 40.7 Å². The summed E-state index contributed by atoms with van der Waals surface area (Å²) in [4.78, 5) is 28.0. The third-order valence-electron chi connectivity index (χ3n) is 9.49. The minimum atomic E-state index is -2.17. The van der Waals surface area contributed by atoms with Gasteiger partial charge in [0.25, 0.3) is 0 Å². The second-order valence-corrected chi connectivity index (χ2v) is 18.9. The van der Waals surface area contributed by atoms with Crippen LogP contribution in [0.3, 0.4) is 0 Å². The molecule has 3 aromatic carbocycles. The fourth-order valence-corrected chi connectivity index (χ4v) is 6.92. The molecule has 0 saturated carbocycles. The summed E-state index contributed by atoms with van der Waals surface area (Å²) in [5, 5.41) is 3.26. The lowest BCUT2D eigenvalue weighted by Crippen LogP contribution is -2.47. The number of halogens is 1. The molecule has 3 aromatic rings. The van der Waals surface area contributed by atoms with E-state index in [0.717, 1.165) is 35.3 Å². The van der Waals surface area contributed by atoms with Gasteiger partial charge in [-0.15, -0.1) is 0 Å². The second kappa shape index (κ2) is 15.9. The summed E-state index contributed by atoms with van der Waals surface area (Å²) in [7, 11) is -2.17. The average molecular weight is 647 g/mol. The van der Waals surface area contributed by atoms with E-state index in [2.05, 4.69) is 39.2 Å². The molecule has 0 spiro atoms. The second-order valence-electron chi connectivity index (χ2n) is 14.2. The number of carbonyl (C=O) groups excluding carboxylic acids is 2. The number of ether oxygens (including phenoxy) is 1. The van der Waals surface area contributed by atoms with Crippen molar-refractivity contribution in [3.63, 3.8) is 0 Å². The molecule has 248 valence electrons. The van der Waals surface area contributed by atoms with Crippen LogP contribution in [0.4, 0.5) is 4.39 Å². The van der Waals surface area contributed by atoms with E-state index in [9.17, 15) is 14.0 Å². The van der Waals surface area contributed by atoms with Crippen LogP contribution in [0.15, 0.2) is 78.9 Å². The number of hydrogen-bond acceptors (Lipinski definition) is 4. The number of likely N-dealkylation sites (tertiary alicyclic amines) is 1. The van der Waals surface area contributed by atoms with Crippen molar-refractivity contribution in [1.29, 1.82) is 0 Å². The molecular formula is C38H51FN2O4Si. The fraction of sp³-hybridized carbons (Fsp3) is 0.474. The lowest BCUT2D eigenvalue weighted by atomic mass is 9.92. The summed E-state index contributed by atoms with van der Waals surface area (Å²) in [5.74, 6) is 0.825. The lowest BCUT2D eigenvalue weighted by molar-refractivity contribution is -0.132. The van der Waals surface area contributed by atoms with E-state index in [4.69, 9.17) is 9.16 Å². The lowest BCUT2D eigenvalue weighted by Gasteiger charge is -2.41. The van der Waals surface area contributed by atoms with Gasteiger partial charge in [0.2, 0.25) is 11.8 Å². The van der Waals surface area contributed by atoms with E-state index >= 15 is 0 Å².